The summed E-state index contributed by atoms with van der Waals surface area (Å²) < 4.78 is 0. The number of hydrogen-bond acceptors (Lipinski definition) is 2. The molecule has 72 valence electrons. The molecule has 0 bridgehead atoms. The van der Waals surface area contributed by atoms with Crippen molar-refractivity contribution in [3.05, 3.63) is 12.2 Å². The topological polar surface area (TPSA) is 34.1 Å². The first-order valence-electron chi connectivity index (χ1n) is 4.95. The van der Waals surface area contributed by atoms with Gasteiger partial charge in [-0.3, -0.25) is 9.59 Å². The van der Waals surface area contributed by atoms with E-state index in [4.69, 9.17) is 0 Å². The van der Waals surface area contributed by atoms with Crippen LogP contribution >= 0.6 is 0 Å². The van der Waals surface area contributed by atoms with Crippen LogP contribution in [-0.4, -0.2) is 11.6 Å². The van der Waals surface area contributed by atoms with Crippen LogP contribution in [0.3, 0.4) is 0 Å². The Morgan fingerprint density at radius 1 is 1.38 bits per heavy atom. The molecule has 0 radical (unpaired) electrons. The van der Waals surface area contributed by atoms with Gasteiger partial charge in [0.25, 0.3) is 0 Å². The fourth-order valence-corrected chi connectivity index (χ4v) is 1.51. The highest BCUT2D eigenvalue weighted by atomic mass is 16.1. The molecule has 0 aliphatic heterocycles. The van der Waals surface area contributed by atoms with E-state index in [9.17, 15) is 9.59 Å². The maximum absolute atomic E-state index is 11.3. The molecule has 0 heterocycles. The molecule has 1 unspecified atom stereocenters. The number of Topliss-reactive ketones (excluding diaryl/α,β-unsaturated/α-hetero) is 2. The van der Waals surface area contributed by atoms with Crippen molar-refractivity contribution in [2.24, 2.45) is 5.92 Å². The third-order valence-electron chi connectivity index (χ3n) is 2.34. The minimum atomic E-state index is -0.118. The Hall–Kier alpha value is -0.920. The molecule has 1 rings (SSSR count). The molecule has 1 fully saturated rings. The summed E-state index contributed by atoms with van der Waals surface area (Å²) in [5, 5.41) is 0. The van der Waals surface area contributed by atoms with E-state index in [0.29, 0.717) is 19.3 Å². The van der Waals surface area contributed by atoms with E-state index in [0.717, 1.165) is 12.8 Å². The van der Waals surface area contributed by atoms with Crippen LogP contribution < -0.4 is 0 Å². The number of hydrogen-bond donors (Lipinski definition) is 0. The molecule has 1 saturated carbocycles. The second kappa shape index (κ2) is 4.95. The Labute approximate surface area is 79.0 Å². The minimum absolute atomic E-state index is 0.118. The van der Waals surface area contributed by atoms with Crippen LogP contribution in [0.25, 0.3) is 0 Å². The van der Waals surface area contributed by atoms with E-state index in [1.54, 1.807) is 0 Å². The maximum atomic E-state index is 11.3. The molecule has 0 aromatic rings. The molecule has 1 atom stereocenters. The highest BCUT2D eigenvalue weighted by molar-refractivity contribution is 5.95. The molecule has 1 aliphatic rings. The summed E-state index contributed by atoms with van der Waals surface area (Å²) in [5.74, 6) is 0.338. The van der Waals surface area contributed by atoms with Gasteiger partial charge in [-0.1, -0.05) is 25.5 Å². The van der Waals surface area contributed by atoms with Crippen LogP contribution in [0.1, 0.15) is 39.0 Å². The Bertz CT molecular complexity index is 228. The third-order valence-corrected chi connectivity index (χ3v) is 2.34. The van der Waals surface area contributed by atoms with Crippen LogP contribution in [0.15, 0.2) is 12.2 Å². The van der Waals surface area contributed by atoms with Crippen LogP contribution in [0.4, 0.5) is 0 Å². The van der Waals surface area contributed by atoms with Crippen molar-refractivity contribution in [1.82, 2.24) is 0 Å². The highest BCUT2D eigenvalue weighted by Gasteiger charge is 2.24. The van der Waals surface area contributed by atoms with Crippen molar-refractivity contribution in [3.8, 4) is 0 Å². The summed E-state index contributed by atoms with van der Waals surface area (Å²) in [7, 11) is 0. The maximum Gasteiger partial charge on any atom is 0.140 e. The minimum Gasteiger partial charge on any atom is -0.300 e. The zero-order chi connectivity index (χ0) is 9.68. The second-order valence-electron chi connectivity index (χ2n) is 3.53. The predicted octanol–water partition coefficient (Wildman–Crippen LogP) is 2.28. The van der Waals surface area contributed by atoms with Gasteiger partial charge >= 0.3 is 0 Å². The SMILES string of the molecule is CCCC=CC1CC(=O)CCC1=O. The first kappa shape index (κ1) is 10.2. The molecule has 0 aromatic heterocycles. The monoisotopic (exact) mass is 180 g/mol. The van der Waals surface area contributed by atoms with Crippen molar-refractivity contribution < 1.29 is 9.59 Å². The number of carbonyl (C=O) groups excluding carboxylic acids is 2. The average Bonchev–Trinajstić information content (AvgIpc) is 2.11. The van der Waals surface area contributed by atoms with Gasteiger partial charge in [0.1, 0.15) is 11.6 Å². The molecule has 0 saturated heterocycles. The number of carbonyl (C=O) groups is 2. The standard InChI is InChI=1S/C11H16O2/c1-2-3-4-5-9-8-10(12)6-7-11(9)13/h4-5,9H,2-3,6-8H2,1H3. The highest BCUT2D eigenvalue weighted by Crippen LogP contribution is 2.19. The van der Waals surface area contributed by atoms with Gasteiger partial charge in [0.15, 0.2) is 0 Å². The summed E-state index contributed by atoms with van der Waals surface area (Å²) in [6.07, 6.45) is 7.34. The van der Waals surface area contributed by atoms with E-state index in [2.05, 4.69) is 6.92 Å². The lowest BCUT2D eigenvalue weighted by molar-refractivity contribution is -0.131. The summed E-state index contributed by atoms with van der Waals surface area (Å²) in [6, 6.07) is 0. The lowest BCUT2D eigenvalue weighted by Crippen LogP contribution is -2.23. The molecule has 2 nitrogen and oxygen atoms in total. The van der Waals surface area contributed by atoms with Crippen molar-refractivity contribution in [3.63, 3.8) is 0 Å². The van der Waals surface area contributed by atoms with Crippen LogP contribution in [0.5, 0.6) is 0 Å². The van der Waals surface area contributed by atoms with Crippen LogP contribution in [0.2, 0.25) is 0 Å². The smallest absolute Gasteiger partial charge is 0.140 e. The quantitative estimate of drug-likeness (QED) is 0.624. The molecular formula is C11H16O2. The second-order valence-corrected chi connectivity index (χ2v) is 3.53. The van der Waals surface area contributed by atoms with Crippen LogP contribution in [-0.2, 0) is 9.59 Å². The summed E-state index contributed by atoms with van der Waals surface area (Å²) in [4.78, 5) is 22.4. The molecule has 1 aliphatic carbocycles. The average molecular weight is 180 g/mol. The van der Waals surface area contributed by atoms with Crippen LogP contribution in [0, 0.1) is 5.92 Å². The van der Waals surface area contributed by atoms with Crippen molar-refractivity contribution >= 4 is 11.6 Å². The molecule has 0 amide bonds. The van der Waals surface area contributed by atoms with Gasteiger partial charge in [0.05, 0.1) is 0 Å². The Kier molecular flexibility index (Phi) is 3.87. The summed E-state index contributed by atoms with van der Waals surface area (Å²) >= 11 is 0. The van der Waals surface area contributed by atoms with Crippen molar-refractivity contribution in [2.45, 2.75) is 39.0 Å². The Balaban J connectivity index is 2.46. The fourth-order valence-electron chi connectivity index (χ4n) is 1.51. The van der Waals surface area contributed by atoms with E-state index in [1.807, 2.05) is 12.2 Å². The normalized spacial score (nSPS) is 24.2. The Morgan fingerprint density at radius 3 is 2.85 bits per heavy atom. The van der Waals surface area contributed by atoms with Gasteiger partial charge in [0.2, 0.25) is 0 Å². The van der Waals surface area contributed by atoms with Gasteiger partial charge < -0.3 is 0 Å². The van der Waals surface area contributed by atoms with Gasteiger partial charge in [-0.05, 0) is 6.42 Å². The first-order valence-corrected chi connectivity index (χ1v) is 4.95. The van der Waals surface area contributed by atoms with E-state index in [-0.39, 0.29) is 17.5 Å². The van der Waals surface area contributed by atoms with E-state index < -0.39 is 0 Å². The fraction of sp³-hybridized carbons (Fsp3) is 0.636. The van der Waals surface area contributed by atoms with Gasteiger partial charge in [-0.25, -0.2) is 0 Å². The van der Waals surface area contributed by atoms with Crippen molar-refractivity contribution in [1.29, 1.82) is 0 Å². The zero-order valence-corrected chi connectivity index (χ0v) is 8.08. The summed E-state index contributed by atoms with van der Waals surface area (Å²) in [5.41, 5.74) is 0. The summed E-state index contributed by atoms with van der Waals surface area (Å²) in [6.45, 7) is 2.10. The third kappa shape index (κ3) is 3.13. The molecule has 2 heteroatoms. The number of rotatable bonds is 3. The number of allylic oxidation sites excluding steroid dienone is 2. The molecular weight excluding hydrogens is 164 g/mol. The van der Waals surface area contributed by atoms with Gasteiger partial charge in [-0.15, -0.1) is 0 Å². The predicted molar refractivity (Wildman–Crippen MR) is 51.4 cm³/mol. The molecule has 13 heavy (non-hydrogen) atoms. The Morgan fingerprint density at radius 2 is 2.15 bits per heavy atom. The lowest BCUT2D eigenvalue weighted by atomic mass is 9.87. The zero-order valence-electron chi connectivity index (χ0n) is 8.08. The number of unbranched alkanes of at least 4 members (excludes halogenated alkanes) is 1. The first-order chi connectivity index (χ1) is 6.24. The van der Waals surface area contributed by atoms with Gasteiger partial charge in [-0.2, -0.15) is 0 Å². The van der Waals surface area contributed by atoms with E-state index in [1.165, 1.54) is 0 Å². The molecule has 0 aromatic carbocycles. The number of ketones is 2. The molecule has 0 spiro atoms. The molecule has 0 N–H and O–H groups in total. The van der Waals surface area contributed by atoms with E-state index >= 15 is 0 Å². The largest absolute Gasteiger partial charge is 0.300 e. The van der Waals surface area contributed by atoms with Crippen molar-refractivity contribution in [2.75, 3.05) is 0 Å². The van der Waals surface area contributed by atoms with Gasteiger partial charge in [0, 0.05) is 25.2 Å². The lowest BCUT2D eigenvalue weighted by Gasteiger charge is -2.15.